The van der Waals surface area contributed by atoms with Gasteiger partial charge in [-0.1, -0.05) is 27.7 Å². The van der Waals surface area contributed by atoms with E-state index in [1.807, 2.05) is 33.9 Å². The summed E-state index contributed by atoms with van der Waals surface area (Å²) in [5, 5.41) is 3.70. The van der Waals surface area contributed by atoms with Gasteiger partial charge in [-0.15, -0.1) is 11.3 Å². The topological polar surface area (TPSA) is 62.3 Å². The van der Waals surface area contributed by atoms with E-state index >= 15 is 0 Å². The lowest BCUT2D eigenvalue weighted by atomic mass is 9.84. The first-order valence-electron chi connectivity index (χ1n) is 7.28. The minimum atomic E-state index is -0.480. The van der Waals surface area contributed by atoms with E-state index in [1.165, 1.54) is 4.88 Å². The molecule has 1 aromatic rings. The molecule has 2 unspecified atom stereocenters. The Kier molecular flexibility index (Phi) is 4.37. The van der Waals surface area contributed by atoms with E-state index in [1.54, 1.807) is 16.2 Å². The number of hydrogen-bond donors (Lipinski definition) is 1. The molecular formula is C15H23N3O2S. The first kappa shape index (κ1) is 15.9. The highest BCUT2D eigenvalue weighted by Crippen LogP contribution is 2.30. The van der Waals surface area contributed by atoms with Gasteiger partial charge in [0.1, 0.15) is 17.6 Å². The number of thiazole rings is 1. The summed E-state index contributed by atoms with van der Waals surface area (Å²) in [6.45, 7) is 10.0. The predicted molar refractivity (Wildman–Crippen MR) is 83.0 cm³/mol. The Morgan fingerprint density at radius 2 is 2.14 bits per heavy atom. The van der Waals surface area contributed by atoms with Crippen LogP contribution in [-0.4, -0.2) is 34.3 Å². The Labute approximate surface area is 129 Å². The van der Waals surface area contributed by atoms with Crippen LogP contribution in [0.5, 0.6) is 0 Å². The Balaban J connectivity index is 2.24. The molecule has 1 aliphatic rings. The monoisotopic (exact) mass is 309 g/mol. The summed E-state index contributed by atoms with van der Waals surface area (Å²) in [7, 11) is 0. The van der Waals surface area contributed by atoms with Gasteiger partial charge in [0.2, 0.25) is 11.8 Å². The van der Waals surface area contributed by atoms with Crippen LogP contribution in [0.4, 0.5) is 0 Å². The zero-order valence-corrected chi connectivity index (χ0v) is 14.1. The molecule has 0 aliphatic carbocycles. The van der Waals surface area contributed by atoms with Crippen LogP contribution in [0.1, 0.15) is 50.5 Å². The summed E-state index contributed by atoms with van der Waals surface area (Å²) in [5.41, 5.74) is -0.303. The van der Waals surface area contributed by atoms with Crippen molar-refractivity contribution < 1.29 is 9.59 Å². The third-order valence-corrected chi connectivity index (χ3v) is 5.07. The molecule has 1 saturated heterocycles. The van der Waals surface area contributed by atoms with E-state index in [4.69, 9.17) is 0 Å². The fourth-order valence-electron chi connectivity index (χ4n) is 2.39. The van der Waals surface area contributed by atoms with Crippen LogP contribution >= 0.6 is 11.3 Å². The van der Waals surface area contributed by atoms with Crippen LogP contribution < -0.4 is 5.32 Å². The number of aromatic nitrogens is 1. The minimum absolute atomic E-state index is 0.0251. The molecule has 21 heavy (non-hydrogen) atoms. The highest BCUT2D eigenvalue weighted by Gasteiger charge is 2.42. The van der Waals surface area contributed by atoms with Crippen LogP contribution in [-0.2, 0) is 16.0 Å². The van der Waals surface area contributed by atoms with E-state index in [9.17, 15) is 9.59 Å². The largest absolute Gasteiger partial charge is 0.342 e. The summed E-state index contributed by atoms with van der Waals surface area (Å²) in [6, 6.07) is -0.648. The third kappa shape index (κ3) is 3.26. The number of aryl methyl sites for hydroxylation is 1. The van der Waals surface area contributed by atoms with E-state index in [0.717, 1.165) is 11.4 Å². The van der Waals surface area contributed by atoms with Crippen molar-refractivity contribution >= 4 is 23.2 Å². The fourth-order valence-corrected chi connectivity index (χ4v) is 3.32. The Morgan fingerprint density at radius 3 is 2.67 bits per heavy atom. The molecule has 0 spiro atoms. The normalized spacial score (nSPS) is 21.4. The van der Waals surface area contributed by atoms with Gasteiger partial charge >= 0.3 is 0 Å². The lowest BCUT2D eigenvalue weighted by Gasteiger charge is -2.40. The molecule has 2 rings (SSSR count). The molecule has 1 aromatic heterocycles. The average molecular weight is 309 g/mol. The van der Waals surface area contributed by atoms with Gasteiger partial charge in [0.05, 0.1) is 6.04 Å². The van der Waals surface area contributed by atoms with Crippen LogP contribution in [0, 0.1) is 5.41 Å². The van der Waals surface area contributed by atoms with E-state index < -0.39 is 6.04 Å². The molecule has 2 heterocycles. The second kappa shape index (κ2) is 5.75. The molecule has 5 nitrogen and oxygen atoms in total. The smallest absolute Gasteiger partial charge is 0.246 e. The molecule has 0 radical (unpaired) electrons. The Hall–Kier alpha value is -1.43. The zero-order valence-electron chi connectivity index (χ0n) is 13.3. The first-order chi connectivity index (χ1) is 9.74. The molecule has 1 fully saturated rings. The number of carbonyl (C=O) groups excluding carboxylic acids is 2. The van der Waals surface area contributed by atoms with Crippen molar-refractivity contribution in [3.8, 4) is 0 Å². The summed E-state index contributed by atoms with van der Waals surface area (Å²) in [5.74, 6) is -0.128. The molecule has 1 N–H and O–H groups in total. The minimum Gasteiger partial charge on any atom is -0.342 e. The van der Waals surface area contributed by atoms with Crippen molar-refractivity contribution in [2.45, 2.75) is 53.1 Å². The van der Waals surface area contributed by atoms with E-state index in [2.05, 4.69) is 17.2 Å². The Bertz CT molecular complexity index is 547. The van der Waals surface area contributed by atoms with Gasteiger partial charge in [-0.2, -0.15) is 0 Å². The van der Waals surface area contributed by atoms with E-state index in [0.29, 0.717) is 0 Å². The standard InChI is InChI=1S/C15H23N3O2S/c1-6-10-7-16-13(21-10)9(2)18-8-11(19)17-12(14(18)20)15(3,4)5/h7,9,12H,6,8H2,1-5H3,(H,17,19). The van der Waals surface area contributed by atoms with Gasteiger partial charge in [-0.25, -0.2) is 4.98 Å². The Morgan fingerprint density at radius 1 is 1.48 bits per heavy atom. The molecule has 116 valence electrons. The molecular weight excluding hydrogens is 286 g/mol. The summed E-state index contributed by atoms with van der Waals surface area (Å²) in [4.78, 5) is 31.9. The van der Waals surface area contributed by atoms with Crippen LogP contribution in [0.2, 0.25) is 0 Å². The van der Waals surface area contributed by atoms with Gasteiger partial charge < -0.3 is 10.2 Å². The van der Waals surface area contributed by atoms with Crippen molar-refractivity contribution in [2.24, 2.45) is 5.41 Å². The van der Waals surface area contributed by atoms with Crippen LogP contribution in [0.3, 0.4) is 0 Å². The number of amides is 2. The molecule has 6 heteroatoms. The van der Waals surface area contributed by atoms with Crippen molar-refractivity contribution in [2.75, 3.05) is 6.54 Å². The molecule has 0 bridgehead atoms. The number of rotatable bonds is 3. The quantitative estimate of drug-likeness (QED) is 0.930. The second-order valence-electron chi connectivity index (χ2n) is 6.53. The maximum absolute atomic E-state index is 12.7. The fraction of sp³-hybridized carbons (Fsp3) is 0.667. The summed E-state index contributed by atoms with van der Waals surface area (Å²) < 4.78 is 0. The van der Waals surface area contributed by atoms with Crippen molar-refractivity contribution in [3.05, 3.63) is 16.1 Å². The summed E-state index contributed by atoms with van der Waals surface area (Å²) >= 11 is 1.61. The van der Waals surface area contributed by atoms with Gasteiger partial charge in [-0.3, -0.25) is 9.59 Å². The average Bonchev–Trinajstić information content (AvgIpc) is 2.87. The lowest BCUT2D eigenvalue weighted by molar-refractivity contribution is -0.149. The molecule has 0 aromatic carbocycles. The van der Waals surface area contributed by atoms with Crippen molar-refractivity contribution in [1.82, 2.24) is 15.2 Å². The first-order valence-corrected chi connectivity index (χ1v) is 8.10. The van der Waals surface area contributed by atoms with Gasteiger partial charge in [0.15, 0.2) is 0 Å². The maximum atomic E-state index is 12.7. The highest BCUT2D eigenvalue weighted by atomic mass is 32.1. The molecule has 2 amide bonds. The van der Waals surface area contributed by atoms with Crippen LogP contribution in [0.15, 0.2) is 6.20 Å². The van der Waals surface area contributed by atoms with Gasteiger partial charge in [-0.05, 0) is 18.8 Å². The lowest BCUT2D eigenvalue weighted by Crippen LogP contribution is -2.62. The third-order valence-electron chi connectivity index (χ3n) is 3.76. The zero-order chi connectivity index (χ0) is 15.8. The molecule has 2 atom stereocenters. The summed E-state index contributed by atoms with van der Waals surface area (Å²) in [6.07, 6.45) is 2.79. The maximum Gasteiger partial charge on any atom is 0.246 e. The molecule has 0 saturated carbocycles. The SMILES string of the molecule is CCc1cnc(C(C)N2CC(=O)NC(C(C)(C)C)C2=O)s1. The van der Waals surface area contributed by atoms with Crippen molar-refractivity contribution in [3.63, 3.8) is 0 Å². The van der Waals surface area contributed by atoms with Crippen LogP contribution in [0.25, 0.3) is 0 Å². The second-order valence-corrected chi connectivity index (χ2v) is 7.67. The highest BCUT2D eigenvalue weighted by molar-refractivity contribution is 7.11. The molecule has 1 aliphatic heterocycles. The number of nitrogens with zero attached hydrogens (tertiary/aromatic N) is 2. The van der Waals surface area contributed by atoms with Gasteiger partial charge in [0.25, 0.3) is 0 Å². The van der Waals surface area contributed by atoms with Gasteiger partial charge in [0, 0.05) is 11.1 Å². The van der Waals surface area contributed by atoms with E-state index in [-0.39, 0.29) is 29.8 Å². The number of hydrogen-bond acceptors (Lipinski definition) is 4. The number of carbonyl (C=O) groups is 2. The number of piperazine rings is 1. The number of nitrogens with one attached hydrogen (secondary N) is 1. The predicted octanol–water partition coefficient (Wildman–Crippen LogP) is 2.14. The van der Waals surface area contributed by atoms with Crippen molar-refractivity contribution in [1.29, 1.82) is 0 Å².